The molecule has 1 amide bonds. The second-order valence-electron chi connectivity index (χ2n) is 8.38. The molecule has 1 aliphatic heterocycles. The molecule has 0 saturated carbocycles. The van der Waals surface area contributed by atoms with Gasteiger partial charge >= 0.3 is 0 Å². The van der Waals surface area contributed by atoms with Crippen LogP contribution in [-0.2, 0) is 7.05 Å². The molecule has 0 bridgehead atoms. The van der Waals surface area contributed by atoms with Crippen molar-refractivity contribution < 1.29 is 4.79 Å². The predicted octanol–water partition coefficient (Wildman–Crippen LogP) is 3.90. The van der Waals surface area contributed by atoms with E-state index in [9.17, 15) is 4.79 Å². The zero-order chi connectivity index (χ0) is 21.7. The number of amides is 1. The van der Waals surface area contributed by atoms with Gasteiger partial charge in [-0.15, -0.1) is 0 Å². The Morgan fingerprint density at radius 3 is 2.69 bits per heavy atom. The summed E-state index contributed by atoms with van der Waals surface area (Å²) < 4.78 is 3.56. The summed E-state index contributed by atoms with van der Waals surface area (Å²) in [6.07, 6.45) is 14.6. The Hall–Kier alpha value is -3.94. The summed E-state index contributed by atoms with van der Waals surface area (Å²) in [5, 5.41) is 9.71. The molecule has 1 aliphatic rings. The lowest BCUT2D eigenvalue weighted by atomic mass is 10.0. The van der Waals surface area contributed by atoms with Gasteiger partial charge in [-0.1, -0.05) is 0 Å². The largest absolute Gasteiger partial charge is 0.346 e. The van der Waals surface area contributed by atoms with Crippen LogP contribution in [0.4, 0.5) is 0 Å². The Kier molecular flexibility index (Phi) is 4.31. The van der Waals surface area contributed by atoms with Crippen LogP contribution in [0.15, 0.2) is 55.4 Å². The third-order valence-electron chi connectivity index (χ3n) is 6.28. The minimum atomic E-state index is 0.0660. The number of pyridine rings is 2. The lowest BCUT2D eigenvalue weighted by Gasteiger charge is -2.26. The molecular weight excluding hydrogens is 402 g/mol. The Balaban J connectivity index is 1.43. The maximum absolute atomic E-state index is 13.1. The number of carbonyl (C=O) groups is 1. The van der Waals surface area contributed by atoms with E-state index in [-0.39, 0.29) is 5.91 Å². The summed E-state index contributed by atoms with van der Waals surface area (Å²) in [4.78, 5) is 23.0. The monoisotopic (exact) mass is 425 g/mol. The molecule has 8 nitrogen and oxygen atoms in total. The number of H-pyrrole nitrogens is 1. The second kappa shape index (κ2) is 7.33. The summed E-state index contributed by atoms with van der Waals surface area (Å²) in [5.41, 5.74) is 6.39. The van der Waals surface area contributed by atoms with E-state index in [1.165, 1.54) is 6.42 Å². The van der Waals surface area contributed by atoms with E-state index >= 15 is 0 Å². The van der Waals surface area contributed by atoms with Crippen molar-refractivity contribution in [2.75, 3.05) is 13.1 Å². The Morgan fingerprint density at radius 1 is 1.00 bits per heavy atom. The van der Waals surface area contributed by atoms with Crippen LogP contribution in [0.25, 0.3) is 38.8 Å². The highest BCUT2D eigenvalue weighted by Gasteiger charge is 2.22. The summed E-state index contributed by atoms with van der Waals surface area (Å²) >= 11 is 0. The molecule has 0 radical (unpaired) electrons. The van der Waals surface area contributed by atoms with Crippen molar-refractivity contribution in [3.63, 3.8) is 0 Å². The van der Waals surface area contributed by atoms with Crippen molar-refractivity contribution in [1.29, 1.82) is 0 Å². The third kappa shape index (κ3) is 3.07. The minimum absolute atomic E-state index is 0.0660. The van der Waals surface area contributed by atoms with E-state index in [1.54, 1.807) is 15.4 Å². The van der Waals surface area contributed by atoms with Crippen LogP contribution in [0.5, 0.6) is 0 Å². The van der Waals surface area contributed by atoms with Gasteiger partial charge in [0.1, 0.15) is 5.65 Å². The van der Waals surface area contributed by atoms with E-state index in [1.807, 2.05) is 55.1 Å². The summed E-state index contributed by atoms with van der Waals surface area (Å²) in [7, 11) is 1.90. The molecule has 8 heteroatoms. The van der Waals surface area contributed by atoms with Crippen LogP contribution in [0.2, 0.25) is 0 Å². The second-order valence-corrected chi connectivity index (χ2v) is 8.38. The molecule has 0 aromatic carbocycles. The molecule has 0 aliphatic carbocycles. The van der Waals surface area contributed by atoms with Gasteiger partial charge in [0, 0.05) is 67.0 Å². The number of likely N-dealkylation sites (tertiary alicyclic amines) is 1. The Bertz CT molecular complexity index is 1450. The number of aryl methyl sites for hydroxylation is 1. The van der Waals surface area contributed by atoms with Gasteiger partial charge in [-0.05, 0) is 43.0 Å². The van der Waals surface area contributed by atoms with E-state index in [0.717, 1.165) is 64.7 Å². The topological polar surface area (TPSA) is 84.1 Å². The van der Waals surface area contributed by atoms with Crippen LogP contribution < -0.4 is 0 Å². The molecule has 5 aromatic rings. The van der Waals surface area contributed by atoms with Gasteiger partial charge in [0.25, 0.3) is 5.91 Å². The Morgan fingerprint density at radius 2 is 1.88 bits per heavy atom. The first-order chi connectivity index (χ1) is 15.7. The van der Waals surface area contributed by atoms with Crippen LogP contribution in [-0.4, -0.2) is 53.3 Å². The van der Waals surface area contributed by atoms with Crippen LogP contribution >= 0.6 is 0 Å². The van der Waals surface area contributed by atoms with Crippen molar-refractivity contribution in [2.24, 2.45) is 7.05 Å². The number of aromatic nitrogens is 6. The third-order valence-corrected chi connectivity index (χ3v) is 6.28. The molecule has 6 heterocycles. The average Bonchev–Trinajstić information content (AvgIpc) is 3.56. The van der Waals surface area contributed by atoms with Crippen molar-refractivity contribution in [3.8, 4) is 22.3 Å². The van der Waals surface area contributed by atoms with Gasteiger partial charge in [0.15, 0.2) is 0 Å². The van der Waals surface area contributed by atoms with Gasteiger partial charge in [-0.3, -0.25) is 9.48 Å². The van der Waals surface area contributed by atoms with E-state index in [0.29, 0.717) is 5.56 Å². The SMILES string of the molecule is Cn1cc(-c2cnc3[nH]cc(-c4ccn5ncc(C(=O)N6CCCCC6)c5c4)c3c2)cn1. The van der Waals surface area contributed by atoms with Gasteiger partial charge in [-0.2, -0.15) is 10.2 Å². The highest BCUT2D eigenvalue weighted by atomic mass is 16.2. The highest BCUT2D eigenvalue weighted by molar-refractivity contribution is 6.02. The fraction of sp³-hybridized carbons (Fsp3) is 0.250. The molecule has 1 saturated heterocycles. The van der Waals surface area contributed by atoms with Gasteiger partial charge in [0.05, 0.1) is 23.5 Å². The van der Waals surface area contributed by atoms with Gasteiger partial charge in [0.2, 0.25) is 0 Å². The van der Waals surface area contributed by atoms with Crippen molar-refractivity contribution in [3.05, 3.63) is 60.9 Å². The molecule has 5 aromatic heterocycles. The van der Waals surface area contributed by atoms with Crippen molar-refractivity contribution in [2.45, 2.75) is 19.3 Å². The summed E-state index contributed by atoms with van der Waals surface area (Å²) in [6, 6.07) is 6.20. The molecule has 6 rings (SSSR count). The van der Waals surface area contributed by atoms with E-state index in [4.69, 9.17) is 0 Å². The normalized spacial score (nSPS) is 14.5. The number of carbonyl (C=O) groups excluding carboxylic acids is 1. The maximum Gasteiger partial charge on any atom is 0.257 e. The maximum atomic E-state index is 13.1. The molecule has 160 valence electrons. The standard InChI is InChI=1S/C24H23N7O/c1-29-15-18(12-27-29)17-9-19-20(13-26-23(19)25-11-17)16-5-8-31-22(10-16)21(14-28-31)24(32)30-6-3-2-4-7-30/h5,8-15H,2-4,6-7H2,1H3,(H,25,26). The number of hydrogen-bond acceptors (Lipinski definition) is 4. The lowest BCUT2D eigenvalue weighted by molar-refractivity contribution is 0.0726. The molecule has 32 heavy (non-hydrogen) atoms. The van der Waals surface area contributed by atoms with Crippen molar-refractivity contribution >= 4 is 22.5 Å². The molecule has 0 spiro atoms. The summed E-state index contributed by atoms with van der Waals surface area (Å²) in [5.74, 6) is 0.0660. The number of piperidine rings is 1. The van der Waals surface area contributed by atoms with E-state index in [2.05, 4.69) is 26.2 Å². The number of rotatable bonds is 3. The first-order valence-corrected chi connectivity index (χ1v) is 10.9. The number of nitrogens with zero attached hydrogens (tertiary/aromatic N) is 6. The summed E-state index contributed by atoms with van der Waals surface area (Å²) in [6.45, 7) is 1.64. The number of hydrogen-bond donors (Lipinski definition) is 1. The molecule has 1 fully saturated rings. The van der Waals surface area contributed by atoms with Crippen LogP contribution in [0, 0.1) is 0 Å². The average molecular weight is 425 g/mol. The molecule has 1 N–H and O–H groups in total. The number of nitrogens with one attached hydrogen (secondary N) is 1. The fourth-order valence-corrected chi connectivity index (χ4v) is 4.55. The molecule has 0 atom stereocenters. The zero-order valence-electron chi connectivity index (χ0n) is 17.8. The first kappa shape index (κ1) is 18.8. The number of aromatic amines is 1. The quantitative estimate of drug-likeness (QED) is 0.475. The van der Waals surface area contributed by atoms with E-state index < -0.39 is 0 Å². The van der Waals surface area contributed by atoms with Gasteiger partial charge in [-0.25, -0.2) is 9.50 Å². The minimum Gasteiger partial charge on any atom is -0.346 e. The van der Waals surface area contributed by atoms with Crippen LogP contribution in [0.3, 0.4) is 0 Å². The van der Waals surface area contributed by atoms with Crippen molar-refractivity contribution in [1.82, 2.24) is 34.3 Å². The number of fused-ring (bicyclic) bond motifs is 2. The smallest absolute Gasteiger partial charge is 0.257 e. The lowest BCUT2D eigenvalue weighted by Crippen LogP contribution is -2.35. The molecular formula is C24H23N7O. The highest BCUT2D eigenvalue weighted by Crippen LogP contribution is 2.32. The Labute approximate surface area is 184 Å². The van der Waals surface area contributed by atoms with Gasteiger partial charge < -0.3 is 9.88 Å². The van der Waals surface area contributed by atoms with Crippen LogP contribution in [0.1, 0.15) is 29.6 Å². The molecule has 0 unspecified atom stereocenters. The fourth-order valence-electron chi connectivity index (χ4n) is 4.55. The first-order valence-electron chi connectivity index (χ1n) is 10.9. The zero-order valence-corrected chi connectivity index (χ0v) is 17.8. The predicted molar refractivity (Wildman–Crippen MR) is 122 cm³/mol.